The Morgan fingerprint density at radius 3 is 2.69 bits per heavy atom. The number of benzene rings is 2. The van der Waals surface area contributed by atoms with Crippen LogP contribution in [0.4, 0.5) is 10.1 Å². The largest absolute Gasteiger partial charge is 0.481 e. The van der Waals surface area contributed by atoms with Crippen LogP contribution in [0.1, 0.15) is 16.1 Å². The average molecular weight is 453 g/mol. The van der Waals surface area contributed by atoms with Gasteiger partial charge in [0, 0.05) is 23.3 Å². The summed E-state index contributed by atoms with van der Waals surface area (Å²) in [6.07, 6.45) is 1.62. The molecule has 1 N–H and O–H groups in total. The highest BCUT2D eigenvalue weighted by molar-refractivity contribution is 7.15. The molecule has 1 amide bonds. The topological polar surface area (TPSA) is 99.0 Å². The molecule has 0 fully saturated rings. The fourth-order valence-electron chi connectivity index (χ4n) is 2.78. The fraction of sp³-hybridized carbons (Fsp3) is 0.0909. The SMILES string of the molecule is O=C(COc1ccccc1F)Nc1ccc(C(=O)OCc2cc(=O)n3ccsc3n2)cc1. The lowest BCUT2D eigenvalue weighted by molar-refractivity contribution is -0.118. The van der Waals surface area contributed by atoms with Crippen molar-refractivity contribution in [1.82, 2.24) is 9.38 Å². The Hall–Kier alpha value is -4.05. The summed E-state index contributed by atoms with van der Waals surface area (Å²) in [4.78, 5) is 41.0. The highest BCUT2D eigenvalue weighted by Gasteiger charge is 2.11. The number of hydrogen-bond donors (Lipinski definition) is 1. The van der Waals surface area contributed by atoms with E-state index in [9.17, 15) is 18.8 Å². The molecular weight excluding hydrogens is 437 g/mol. The van der Waals surface area contributed by atoms with Gasteiger partial charge in [-0.1, -0.05) is 12.1 Å². The van der Waals surface area contributed by atoms with Gasteiger partial charge in [0.2, 0.25) is 0 Å². The van der Waals surface area contributed by atoms with Crippen molar-refractivity contribution in [1.29, 1.82) is 0 Å². The van der Waals surface area contributed by atoms with Crippen molar-refractivity contribution in [3.05, 3.63) is 93.6 Å². The second-order valence-corrected chi connectivity index (χ2v) is 7.44. The Bertz CT molecular complexity index is 1330. The zero-order valence-corrected chi connectivity index (χ0v) is 17.3. The van der Waals surface area contributed by atoms with E-state index in [1.165, 1.54) is 64.3 Å². The normalized spacial score (nSPS) is 10.7. The van der Waals surface area contributed by atoms with Gasteiger partial charge in [0.25, 0.3) is 11.5 Å². The number of para-hydroxylation sites is 1. The van der Waals surface area contributed by atoms with Crippen molar-refractivity contribution in [2.24, 2.45) is 0 Å². The molecule has 2 aromatic heterocycles. The molecule has 2 aromatic carbocycles. The van der Waals surface area contributed by atoms with Crippen molar-refractivity contribution in [2.75, 3.05) is 11.9 Å². The number of carbonyl (C=O) groups excluding carboxylic acids is 2. The molecule has 8 nitrogen and oxygen atoms in total. The first kappa shape index (κ1) is 21.2. The Morgan fingerprint density at radius 2 is 1.91 bits per heavy atom. The Balaban J connectivity index is 1.30. The van der Waals surface area contributed by atoms with Gasteiger partial charge >= 0.3 is 5.97 Å². The molecule has 0 atom stereocenters. The quantitative estimate of drug-likeness (QED) is 0.431. The number of anilines is 1. The summed E-state index contributed by atoms with van der Waals surface area (Å²) in [5.74, 6) is -1.65. The molecule has 162 valence electrons. The first-order valence-electron chi connectivity index (χ1n) is 9.40. The lowest BCUT2D eigenvalue weighted by Gasteiger charge is -2.09. The van der Waals surface area contributed by atoms with E-state index in [2.05, 4.69) is 10.3 Å². The predicted octanol–water partition coefficient (Wildman–Crippen LogP) is 3.27. The molecule has 0 unspecified atom stereocenters. The summed E-state index contributed by atoms with van der Waals surface area (Å²) in [5, 5.41) is 4.33. The number of halogens is 1. The molecule has 0 bridgehead atoms. The van der Waals surface area contributed by atoms with Crippen LogP contribution in [0.5, 0.6) is 5.75 Å². The van der Waals surface area contributed by atoms with Crippen LogP contribution in [0.25, 0.3) is 4.96 Å². The number of amides is 1. The molecule has 0 aliphatic heterocycles. The van der Waals surface area contributed by atoms with E-state index in [4.69, 9.17) is 9.47 Å². The molecule has 10 heteroatoms. The van der Waals surface area contributed by atoms with Crippen molar-refractivity contribution in [3.8, 4) is 5.75 Å². The van der Waals surface area contributed by atoms with Gasteiger partial charge < -0.3 is 14.8 Å². The smallest absolute Gasteiger partial charge is 0.338 e. The van der Waals surface area contributed by atoms with Gasteiger partial charge in [-0.3, -0.25) is 14.0 Å². The second kappa shape index (κ2) is 9.40. The number of ether oxygens (including phenoxy) is 2. The number of aromatic nitrogens is 2. The minimum Gasteiger partial charge on any atom is -0.481 e. The molecule has 2 heterocycles. The molecule has 0 spiro atoms. The number of carbonyl (C=O) groups is 2. The molecule has 32 heavy (non-hydrogen) atoms. The van der Waals surface area contributed by atoms with Crippen LogP contribution >= 0.6 is 11.3 Å². The summed E-state index contributed by atoms with van der Waals surface area (Å²) in [6, 6.07) is 13.1. The van der Waals surface area contributed by atoms with Gasteiger partial charge in [-0.2, -0.15) is 0 Å². The number of nitrogens with zero attached hydrogens (tertiary/aromatic N) is 2. The first-order valence-corrected chi connectivity index (χ1v) is 10.3. The number of hydrogen-bond acceptors (Lipinski definition) is 7. The molecule has 0 saturated carbocycles. The van der Waals surface area contributed by atoms with Gasteiger partial charge in [-0.05, 0) is 36.4 Å². The third kappa shape index (κ3) is 4.98. The second-order valence-electron chi connectivity index (χ2n) is 6.56. The third-order valence-electron chi connectivity index (χ3n) is 4.31. The molecule has 0 saturated heterocycles. The number of thiazole rings is 1. The lowest BCUT2D eigenvalue weighted by atomic mass is 10.2. The molecule has 4 rings (SSSR count). The van der Waals surface area contributed by atoms with Crippen LogP contribution in [-0.2, 0) is 16.1 Å². The van der Waals surface area contributed by atoms with E-state index in [-0.39, 0.29) is 30.1 Å². The first-order chi connectivity index (χ1) is 15.5. The Morgan fingerprint density at radius 1 is 1.12 bits per heavy atom. The maximum atomic E-state index is 13.5. The summed E-state index contributed by atoms with van der Waals surface area (Å²) in [5.41, 5.74) is 0.798. The zero-order chi connectivity index (χ0) is 22.5. The van der Waals surface area contributed by atoms with Crippen LogP contribution in [-0.4, -0.2) is 27.9 Å². The van der Waals surface area contributed by atoms with E-state index in [0.29, 0.717) is 16.3 Å². The monoisotopic (exact) mass is 453 g/mol. The van der Waals surface area contributed by atoms with Gasteiger partial charge in [0.05, 0.1) is 11.3 Å². The van der Waals surface area contributed by atoms with Crippen LogP contribution < -0.4 is 15.6 Å². The molecule has 0 radical (unpaired) electrons. The predicted molar refractivity (Wildman–Crippen MR) is 115 cm³/mol. The Labute approximate surface area is 184 Å². The number of esters is 1. The highest BCUT2D eigenvalue weighted by atomic mass is 32.1. The van der Waals surface area contributed by atoms with E-state index < -0.39 is 17.7 Å². The maximum absolute atomic E-state index is 13.5. The van der Waals surface area contributed by atoms with E-state index >= 15 is 0 Å². The lowest BCUT2D eigenvalue weighted by Crippen LogP contribution is -2.20. The third-order valence-corrected chi connectivity index (χ3v) is 5.06. The molecule has 4 aromatic rings. The van der Waals surface area contributed by atoms with Crippen molar-refractivity contribution in [2.45, 2.75) is 6.61 Å². The van der Waals surface area contributed by atoms with Crippen LogP contribution in [0.2, 0.25) is 0 Å². The van der Waals surface area contributed by atoms with Crippen molar-refractivity contribution >= 4 is 33.9 Å². The molecule has 0 aliphatic carbocycles. The average Bonchev–Trinajstić information content (AvgIpc) is 3.27. The fourth-order valence-corrected chi connectivity index (χ4v) is 3.52. The van der Waals surface area contributed by atoms with Gasteiger partial charge in [-0.15, -0.1) is 11.3 Å². The molecule has 0 aliphatic rings. The molecular formula is C22H16FN3O5S. The summed E-state index contributed by atoms with van der Waals surface area (Å²) in [6.45, 7) is -0.513. The highest BCUT2D eigenvalue weighted by Crippen LogP contribution is 2.16. The minimum absolute atomic E-state index is 0.0174. The summed E-state index contributed by atoms with van der Waals surface area (Å²) in [7, 11) is 0. The van der Waals surface area contributed by atoms with E-state index in [1.807, 2.05) is 0 Å². The van der Waals surface area contributed by atoms with E-state index in [1.54, 1.807) is 17.6 Å². The van der Waals surface area contributed by atoms with Crippen LogP contribution in [0, 0.1) is 5.82 Å². The maximum Gasteiger partial charge on any atom is 0.338 e. The summed E-state index contributed by atoms with van der Waals surface area (Å²) >= 11 is 1.30. The number of fused-ring (bicyclic) bond motifs is 1. The minimum atomic E-state index is -0.598. The summed E-state index contributed by atoms with van der Waals surface area (Å²) < 4.78 is 25.3. The van der Waals surface area contributed by atoms with E-state index in [0.717, 1.165) is 0 Å². The van der Waals surface area contributed by atoms with Gasteiger partial charge in [-0.25, -0.2) is 14.2 Å². The number of rotatable bonds is 7. The Kier molecular flexibility index (Phi) is 6.22. The van der Waals surface area contributed by atoms with Crippen molar-refractivity contribution in [3.63, 3.8) is 0 Å². The van der Waals surface area contributed by atoms with Crippen molar-refractivity contribution < 1.29 is 23.5 Å². The van der Waals surface area contributed by atoms with Crippen LogP contribution in [0.3, 0.4) is 0 Å². The zero-order valence-electron chi connectivity index (χ0n) is 16.5. The number of nitrogens with one attached hydrogen (secondary N) is 1. The van der Waals surface area contributed by atoms with Gasteiger partial charge in [0.1, 0.15) is 6.61 Å². The van der Waals surface area contributed by atoms with Gasteiger partial charge in [0.15, 0.2) is 23.1 Å². The standard InChI is InChI=1S/C22H16FN3O5S/c23-17-3-1-2-4-18(17)30-13-19(27)24-15-7-5-14(6-8-15)21(29)31-12-16-11-20(28)26-9-10-32-22(26)25-16/h1-11H,12-13H2,(H,24,27). The van der Waals surface area contributed by atoms with Crippen LogP contribution in [0.15, 0.2) is 71.0 Å².